The molecule has 0 spiro atoms. The van der Waals surface area contributed by atoms with Gasteiger partial charge in [-0.15, -0.1) is 10.2 Å². The van der Waals surface area contributed by atoms with Crippen LogP contribution in [-0.2, 0) is 0 Å². The van der Waals surface area contributed by atoms with E-state index in [1.54, 1.807) is 20.3 Å². The minimum absolute atomic E-state index is 0.242. The summed E-state index contributed by atoms with van der Waals surface area (Å²) in [5, 5.41) is 8.90. The van der Waals surface area contributed by atoms with Crippen LogP contribution >= 0.6 is 0 Å². The maximum Gasteiger partial charge on any atom is 0.183 e. The van der Waals surface area contributed by atoms with Crippen molar-refractivity contribution < 1.29 is 9.47 Å². The lowest BCUT2D eigenvalue weighted by molar-refractivity contribution is 0.395. The Labute approximate surface area is 147 Å². The number of methoxy groups -OCH3 is 2. The second-order valence-electron chi connectivity index (χ2n) is 6.10. The fourth-order valence-electron chi connectivity index (χ4n) is 2.66. The third kappa shape index (κ3) is 3.20. The number of rotatable bonds is 5. The number of ether oxygens (including phenoxy) is 2. The molecule has 0 saturated carbocycles. The van der Waals surface area contributed by atoms with Crippen LogP contribution in [0.1, 0.15) is 31.0 Å². The van der Waals surface area contributed by atoms with Crippen molar-refractivity contribution in [2.24, 2.45) is 10.2 Å². The molecule has 2 heterocycles. The average molecular weight is 338 g/mol. The molecule has 0 bridgehead atoms. The van der Waals surface area contributed by atoms with Crippen molar-refractivity contribution >= 4 is 17.2 Å². The van der Waals surface area contributed by atoms with Gasteiger partial charge in [-0.1, -0.05) is 19.9 Å². The van der Waals surface area contributed by atoms with Crippen LogP contribution in [0.2, 0.25) is 0 Å². The Morgan fingerprint density at radius 2 is 1.88 bits per heavy atom. The fourth-order valence-corrected chi connectivity index (χ4v) is 2.66. The summed E-state index contributed by atoms with van der Waals surface area (Å²) in [6, 6.07) is 9.47. The number of aryl methyl sites for hydroxylation is 1. The van der Waals surface area contributed by atoms with Crippen LogP contribution in [0.5, 0.6) is 11.5 Å². The predicted molar refractivity (Wildman–Crippen MR) is 97.7 cm³/mol. The summed E-state index contributed by atoms with van der Waals surface area (Å²) in [5.74, 6) is 2.31. The molecule has 3 aromatic rings. The Morgan fingerprint density at radius 3 is 2.56 bits per heavy atom. The first-order valence-corrected chi connectivity index (χ1v) is 8.16. The van der Waals surface area contributed by atoms with Gasteiger partial charge >= 0.3 is 0 Å². The molecule has 3 rings (SSSR count). The van der Waals surface area contributed by atoms with Crippen molar-refractivity contribution in [3.63, 3.8) is 0 Å². The molecule has 0 aliphatic carbocycles. The van der Waals surface area contributed by atoms with E-state index in [2.05, 4.69) is 24.1 Å². The third-order valence-corrected chi connectivity index (χ3v) is 4.03. The Bertz CT molecular complexity index is 929. The molecule has 25 heavy (non-hydrogen) atoms. The van der Waals surface area contributed by atoms with E-state index >= 15 is 0 Å². The zero-order chi connectivity index (χ0) is 18.0. The van der Waals surface area contributed by atoms with Gasteiger partial charge in [0, 0.05) is 12.3 Å². The van der Waals surface area contributed by atoms with Gasteiger partial charge in [0.2, 0.25) is 0 Å². The van der Waals surface area contributed by atoms with E-state index in [-0.39, 0.29) is 5.92 Å². The Balaban J connectivity index is 2.10. The number of imidazole rings is 1. The monoisotopic (exact) mass is 338 g/mol. The molecule has 2 aromatic heterocycles. The lowest BCUT2D eigenvalue weighted by Gasteiger charge is -2.06. The molecule has 0 aliphatic rings. The predicted octanol–water partition coefficient (Wildman–Crippen LogP) is 5.20. The lowest BCUT2D eigenvalue weighted by atomic mass is 10.1. The molecule has 6 heteroatoms. The molecule has 0 saturated heterocycles. The minimum atomic E-state index is 0.242. The van der Waals surface area contributed by atoms with Crippen molar-refractivity contribution in [3.05, 3.63) is 47.8 Å². The number of hydrogen-bond acceptors (Lipinski definition) is 5. The quantitative estimate of drug-likeness (QED) is 0.601. The number of fused-ring (bicyclic) bond motifs is 1. The summed E-state index contributed by atoms with van der Waals surface area (Å²) in [5.41, 5.74) is 3.57. The Kier molecular flexibility index (Phi) is 4.70. The van der Waals surface area contributed by atoms with Crippen molar-refractivity contribution in [2.45, 2.75) is 26.7 Å². The molecule has 0 amide bonds. The summed E-state index contributed by atoms with van der Waals surface area (Å²) in [7, 11) is 3.22. The topological polar surface area (TPSA) is 60.5 Å². The minimum Gasteiger partial charge on any atom is -0.497 e. The van der Waals surface area contributed by atoms with Gasteiger partial charge < -0.3 is 9.47 Å². The smallest absolute Gasteiger partial charge is 0.183 e. The van der Waals surface area contributed by atoms with Gasteiger partial charge in [-0.05, 0) is 36.6 Å². The zero-order valence-electron chi connectivity index (χ0n) is 15.1. The molecule has 0 fully saturated rings. The first-order valence-electron chi connectivity index (χ1n) is 8.16. The maximum atomic E-state index is 5.39. The second kappa shape index (κ2) is 6.93. The van der Waals surface area contributed by atoms with Crippen molar-refractivity contribution in [1.29, 1.82) is 0 Å². The van der Waals surface area contributed by atoms with Gasteiger partial charge in [0.05, 0.1) is 19.9 Å². The van der Waals surface area contributed by atoms with Crippen LogP contribution in [0.15, 0.2) is 46.8 Å². The Hall–Kier alpha value is -2.89. The molecule has 0 N–H and O–H groups in total. The highest BCUT2D eigenvalue weighted by Gasteiger charge is 2.16. The van der Waals surface area contributed by atoms with Crippen LogP contribution in [0.4, 0.5) is 11.5 Å². The normalized spacial score (nSPS) is 11.6. The summed E-state index contributed by atoms with van der Waals surface area (Å²) in [6.07, 6.45) is 1.96. The lowest BCUT2D eigenvalue weighted by Crippen LogP contribution is -1.88. The van der Waals surface area contributed by atoms with Crippen LogP contribution in [-0.4, -0.2) is 23.6 Å². The molecule has 0 unspecified atom stereocenters. The van der Waals surface area contributed by atoms with Gasteiger partial charge in [-0.2, -0.15) is 0 Å². The van der Waals surface area contributed by atoms with E-state index in [0.717, 1.165) is 22.7 Å². The molecule has 0 radical (unpaired) electrons. The zero-order valence-corrected chi connectivity index (χ0v) is 15.1. The van der Waals surface area contributed by atoms with Gasteiger partial charge in [0.15, 0.2) is 5.82 Å². The molecule has 6 nitrogen and oxygen atoms in total. The van der Waals surface area contributed by atoms with Crippen molar-refractivity contribution in [3.8, 4) is 11.5 Å². The van der Waals surface area contributed by atoms with E-state index in [4.69, 9.17) is 14.5 Å². The van der Waals surface area contributed by atoms with Crippen LogP contribution in [0.3, 0.4) is 0 Å². The second-order valence-corrected chi connectivity index (χ2v) is 6.10. The SMILES string of the molecule is COc1ccc(N=Nc2c(C(C)C)nc3c(C)cccn23)c(OC)c1. The molecule has 130 valence electrons. The van der Waals surface area contributed by atoms with E-state index in [0.29, 0.717) is 17.2 Å². The van der Waals surface area contributed by atoms with Gasteiger partial charge in [-0.3, -0.25) is 4.40 Å². The molecule has 0 atom stereocenters. The summed E-state index contributed by atoms with van der Waals surface area (Å²) in [4.78, 5) is 4.75. The number of pyridine rings is 1. The number of hydrogen-bond donors (Lipinski definition) is 0. The number of aromatic nitrogens is 2. The molecule has 1 aromatic carbocycles. The van der Waals surface area contributed by atoms with Crippen LogP contribution in [0, 0.1) is 6.92 Å². The largest absolute Gasteiger partial charge is 0.497 e. The van der Waals surface area contributed by atoms with Crippen LogP contribution in [0.25, 0.3) is 5.65 Å². The van der Waals surface area contributed by atoms with E-state index < -0.39 is 0 Å². The van der Waals surface area contributed by atoms with Gasteiger partial charge in [0.1, 0.15) is 22.8 Å². The van der Waals surface area contributed by atoms with Crippen molar-refractivity contribution in [2.75, 3.05) is 14.2 Å². The summed E-state index contributed by atoms with van der Waals surface area (Å²) < 4.78 is 12.6. The highest BCUT2D eigenvalue weighted by atomic mass is 16.5. The first-order chi connectivity index (χ1) is 12.0. The molecule has 0 aliphatic heterocycles. The molecular weight excluding hydrogens is 316 g/mol. The summed E-state index contributed by atoms with van der Waals surface area (Å²) >= 11 is 0. The third-order valence-electron chi connectivity index (χ3n) is 4.03. The fraction of sp³-hybridized carbons (Fsp3) is 0.316. The van der Waals surface area contributed by atoms with Crippen LogP contribution < -0.4 is 9.47 Å². The summed E-state index contributed by atoms with van der Waals surface area (Å²) in [6.45, 7) is 6.24. The van der Waals surface area contributed by atoms with Gasteiger partial charge in [0.25, 0.3) is 0 Å². The molecular formula is C19H22N4O2. The van der Waals surface area contributed by atoms with Gasteiger partial charge in [-0.25, -0.2) is 4.98 Å². The van der Waals surface area contributed by atoms with E-state index in [1.807, 2.05) is 41.8 Å². The average Bonchev–Trinajstić information content (AvgIpc) is 3.00. The number of azo groups is 1. The first kappa shape index (κ1) is 17.0. The Morgan fingerprint density at radius 1 is 1.08 bits per heavy atom. The highest BCUT2D eigenvalue weighted by Crippen LogP contribution is 2.34. The van der Waals surface area contributed by atoms with Crippen molar-refractivity contribution in [1.82, 2.24) is 9.38 Å². The number of benzene rings is 1. The highest BCUT2D eigenvalue weighted by molar-refractivity contribution is 5.58. The van der Waals surface area contributed by atoms with E-state index in [9.17, 15) is 0 Å². The number of nitrogens with zero attached hydrogens (tertiary/aromatic N) is 4. The standard InChI is InChI=1S/C19H22N4O2/c1-12(2)17-19(23-10-6-7-13(3)18(23)20-17)22-21-15-9-8-14(24-4)11-16(15)25-5/h6-12H,1-5H3. The maximum absolute atomic E-state index is 5.39. The van der Waals surface area contributed by atoms with E-state index in [1.165, 1.54) is 0 Å².